The van der Waals surface area contributed by atoms with Crippen LogP contribution in [-0.4, -0.2) is 28.3 Å². The topological polar surface area (TPSA) is 83.5 Å². The highest BCUT2D eigenvalue weighted by Gasteiger charge is 2.31. The van der Waals surface area contributed by atoms with Crippen molar-refractivity contribution < 1.29 is 28.2 Å². The predicted molar refractivity (Wildman–Crippen MR) is 96.1 cm³/mol. The Kier molecular flexibility index (Phi) is 7.68. The smallest absolute Gasteiger partial charge is 0.416 e. The average molecular weight is 387 g/mol. The van der Waals surface area contributed by atoms with Crippen LogP contribution in [0.5, 0.6) is 0 Å². The van der Waals surface area contributed by atoms with Gasteiger partial charge in [-0.3, -0.25) is 4.79 Å². The minimum absolute atomic E-state index is 0.00968. The number of carboxylic acids is 1. The second kappa shape index (κ2) is 9.55. The molecule has 152 valence electrons. The number of alkyl halides is 3. The molecule has 27 heavy (non-hydrogen) atoms. The van der Waals surface area contributed by atoms with Crippen LogP contribution in [0.4, 0.5) is 13.2 Å². The van der Waals surface area contributed by atoms with Crippen molar-refractivity contribution in [3.05, 3.63) is 35.4 Å². The van der Waals surface area contributed by atoms with Crippen LogP contribution in [0.3, 0.4) is 0 Å². The van der Waals surface area contributed by atoms with Crippen molar-refractivity contribution in [2.24, 2.45) is 17.6 Å². The maximum absolute atomic E-state index is 12.6. The summed E-state index contributed by atoms with van der Waals surface area (Å²) in [5.74, 6) is -1.51. The molecule has 0 heterocycles. The van der Waals surface area contributed by atoms with Gasteiger partial charge >= 0.3 is 12.1 Å². The number of hydrogen-bond donors (Lipinski definition) is 3. The maximum atomic E-state index is 12.6. The Morgan fingerprint density at radius 1 is 1.15 bits per heavy atom. The van der Waals surface area contributed by atoms with E-state index in [0.717, 1.165) is 25.0 Å². The second-order valence-corrected chi connectivity index (χ2v) is 7.64. The van der Waals surface area contributed by atoms with E-state index in [1.165, 1.54) is 31.4 Å². The Hall–Kier alpha value is -1.60. The molecule has 0 aliphatic heterocycles. The van der Waals surface area contributed by atoms with Crippen LogP contribution in [0.1, 0.15) is 56.1 Å². The standard InChI is InChI=1S/C20H28F3NO3/c21-20(22,23)16-8-6-14(7-9-16)10-15(19(26)27)12-18(25)17(24)11-13-4-2-1-3-5-13/h6-9,13,15,17-18,25H,1-5,10-12,24H2,(H,26,27)/t15-,17+,18+/m1/s1. The Morgan fingerprint density at radius 3 is 2.26 bits per heavy atom. The second-order valence-electron chi connectivity index (χ2n) is 7.64. The van der Waals surface area contributed by atoms with Crippen molar-refractivity contribution in [1.29, 1.82) is 0 Å². The number of halogens is 3. The van der Waals surface area contributed by atoms with E-state index in [-0.39, 0.29) is 12.8 Å². The van der Waals surface area contributed by atoms with E-state index >= 15 is 0 Å². The molecule has 0 bridgehead atoms. The van der Waals surface area contributed by atoms with Crippen LogP contribution in [0.15, 0.2) is 24.3 Å². The molecule has 7 heteroatoms. The molecule has 1 fully saturated rings. The number of hydrogen-bond acceptors (Lipinski definition) is 3. The van der Waals surface area contributed by atoms with Gasteiger partial charge in [0.15, 0.2) is 0 Å². The molecule has 3 atom stereocenters. The maximum Gasteiger partial charge on any atom is 0.416 e. The summed E-state index contributed by atoms with van der Waals surface area (Å²) in [6.07, 6.45) is 1.09. The lowest BCUT2D eigenvalue weighted by Crippen LogP contribution is -2.39. The van der Waals surface area contributed by atoms with E-state index < -0.39 is 35.8 Å². The van der Waals surface area contributed by atoms with E-state index in [1.54, 1.807) is 0 Å². The third-order valence-electron chi connectivity index (χ3n) is 5.46. The molecule has 1 saturated carbocycles. The minimum atomic E-state index is -4.42. The van der Waals surface area contributed by atoms with Crippen molar-refractivity contribution in [3.63, 3.8) is 0 Å². The quantitative estimate of drug-likeness (QED) is 0.630. The van der Waals surface area contributed by atoms with E-state index in [0.29, 0.717) is 17.9 Å². The Labute approximate surface area is 157 Å². The summed E-state index contributed by atoms with van der Waals surface area (Å²) >= 11 is 0. The number of nitrogens with two attached hydrogens (primary N) is 1. The van der Waals surface area contributed by atoms with Crippen LogP contribution >= 0.6 is 0 Å². The highest BCUT2D eigenvalue weighted by atomic mass is 19.4. The number of carbonyl (C=O) groups is 1. The first-order chi connectivity index (χ1) is 12.7. The van der Waals surface area contributed by atoms with E-state index in [1.807, 2.05) is 0 Å². The third-order valence-corrected chi connectivity index (χ3v) is 5.46. The lowest BCUT2D eigenvalue weighted by Gasteiger charge is -2.28. The number of aliphatic carboxylic acids is 1. The number of carboxylic acid groups (broad SMARTS) is 1. The average Bonchev–Trinajstić information content (AvgIpc) is 2.61. The Morgan fingerprint density at radius 2 is 1.74 bits per heavy atom. The largest absolute Gasteiger partial charge is 0.481 e. The molecule has 0 amide bonds. The van der Waals surface area contributed by atoms with Gasteiger partial charge in [0, 0.05) is 6.04 Å². The van der Waals surface area contributed by atoms with Crippen molar-refractivity contribution in [1.82, 2.24) is 0 Å². The van der Waals surface area contributed by atoms with Gasteiger partial charge in [0.1, 0.15) is 0 Å². The zero-order chi connectivity index (χ0) is 20.0. The molecular weight excluding hydrogens is 359 g/mol. The summed E-state index contributed by atoms with van der Waals surface area (Å²) in [6.45, 7) is 0. The molecule has 1 aromatic rings. The number of aliphatic hydroxyl groups excluding tert-OH is 1. The first kappa shape index (κ1) is 21.7. The summed E-state index contributed by atoms with van der Waals surface area (Å²) in [6, 6.07) is 3.97. The van der Waals surface area contributed by atoms with Gasteiger partial charge in [-0.2, -0.15) is 13.2 Å². The minimum Gasteiger partial charge on any atom is -0.481 e. The number of benzene rings is 1. The SMILES string of the molecule is N[C@@H](CC1CCCCC1)[C@@H](O)C[C@@H](Cc1ccc(C(F)(F)F)cc1)C(=O)O. The van der Waals surface area contributed by atoms with Gasteiger partial charge in [0.05, 0.1) is 17.6 Å². The molecule has 4 N–H and O–H groups in total. The zero-order valence-electron chi connectivity index (χ0n) is 15.3. The Balaban J connectivity index is 1.93. The predicted octanol–water partition coefficient (Wildman–Crippen LogP) is 4.00. The zero-order valence-corrected chi connectivity index (χ0v) is 15.3. The molecule has 1 aromatic carbocycles. The van der Waals surface area contributed by atoms with Gasteiger partial charge in [0.2, 0.25) is 0 Å². The lowest BCUT2D eigenvalue weighted by atomic mass is 9.82. The normalized spacial score (nSPS) is 19.4. The van der Waals surface area contributed by atoms with Crippen LogP contribution in [0, 0.1) is 11.8 Å². The summed E-state index contributed by atoms with van der Waals surface area (Å²) in [5.41, 5.74) is 5.81. The summed E-state index contributed by atoms with van der Waals surface area (Å²) in [4.78, 5) is 11.5. The first-order valence-electron chi connectivity index (χ1n) is 9.49. The molecule has 0 aromatic heterocycles. The first-order valence-corrected chi connectivity index (χ1v) is 9.49. The van der Waals surface area contributed by atoms with Gasteiger partial charge in [-0.15, -0.1) is 0 Å². The van der Waals surface area contributed by atoms with Gasteiger partial charge in [-0.25, -0.2) is 0 Å². The molecular formula is C20H28F3NO3. The van der Waals surface area contributed by atoms with E-state index in [4.69, 9.17) is 5.73 Å². The highest BCUT2D eigenvalue weighted by Crippen LogP contribution is 2.30. The summed E-state index contributed by atoms with van der Waals surface area (Å²) in [5, 5.41) is 19.8. The monoisotopic (exact) mass is 387 g/mol. The van der Waals surface area contributed by atoms with Crippen molar-refractivity contribution in [2.45, 2.75) is 69.7 Å². The summed E-state index contributed by atoms with van der Waals surface area (Å²) < 4.78 is 37.9. The molecule has 0 radical (unpaired) electrons. The summed E-state index contributed by atoms with van der Waals surface area (Å²) in [7, 11) is 0. The van der Waals surface area contributed by atoms with Gasteiger partial charge in [0.25, 0.3) is 0 Å². The molecule has 0 unspecified atom stereocenters. The number of rotatable bonds is 8. The van der Waals surface area contributed by atoms with Crippen LogP contribution in [-0.2, 0) is 17.4 Å². The van der Waals surface area contributed by atoms with Crippen molar-refractivity contribution in [3.8, 4) is 0 Å². The van der Waals surface area contributed by atoms with E-state index in [2.05, 4.69) is 0 Å². The van der Waals surface area contributed by atoms with Gasteiger partial charge < -0.3 is 15.9 Å². The third kappa shape index (κ3) is 6.81. The van der Waals surface area contributed by atoms with Crippen LogP contribution in [0.2, 0.25) is 0 Å². The molecule has 2 rings (SSSR count). The fourth-order valence-corrected chi connectivity index (χ4v) is 3.82. The molecule has 1 aliphatic carbocycles. The molecule has 0 spiro atoms. The number of aliphatic hydroxyl groups is 1. The Bertz CT molecular complexity index is 597. The van der Waals surface area contributed by atoms with Crippen molar-refractivity contribution in [2.75, 3.05) is 0 Å². The lowest BCUT2D eigenvalue weighted by molar-refractivity contribution is -0.143. The van der Waals surface area contributed by atoms with Crippen molar-refractivity contribution >= 4 is 5.97 Å². The fraction of sp³-hybridized carbons (Fsp3) is 0.650. The van der Waals surface area contributed by atoms with E-state index in [9.17, 15) is 28.2 Å². The fourth-order valence-electron chi connectivity index (χ4n) is 3.82. The molecule has 1 aliphatic rings. The molecule has 4 nitrogen and oxygen atoms in total. The van der Waals surface area contributed by atoms with Gasteiger partial charge in [-0.05, 0) is 42.9 Å². The van der Waals surface area contributed by atoms with Crippen LogP contribution < -0.4 is 5.73 Å². The highest BCUT2D eigenvalue weighted by molar-refractivity contribution is 5.70. The molecule has 0 saturated heterocycles. The van der Waals surface area contributed by atoms with Crippen LogP contribution in [0.25, 0.3) is 0 Å². The van der Waals surface area contributed by atoms with Gasteiger partial charge in [-0.1, -0.05) is 44.2 Å².